The number of anilines is 1. The van der Waals surface area contributed by atoms with E-state index in [0.29, 0.717) is 26.0 Å². The Morgan fingerprint density at radius 3 is 2.82 bits per heavy atom. The van der Waals surface area contributed by atoms with Gasteiger partial charge in [0.1, 0.15) is 22.7 Å². The summed E-state index contributed by atoms with van der Waals surface area (Å²) in [6.45, 7) is 0.332. The zero-order valence-corrected chi connectivity index (χ0v) is 17.2. The van der Waals surface area contributed by atoms with E-state index in [9.17, 15) is 8.96 Å². The van der Waals surface area contributed by atoms with E-state index < -0.39 is 13.9 Å². The van der Waals surface area contributed by atoms with Gasteiger partial charge >= 0.3 is 7.60 Å². The molecule has 0 aliphatic carbocycles. The van der Waals surface area contributed by atoms with Crippen LogP contribution in [0.15, 0.2) is 39.3 Å². The highest BCUT2D eigenvalue weighted by molar-refractivity contribution is 7.99. The lowest BCUT2D eigenvalue weighted by atomic mass is 10.3. The number of ether oxygens (including phenoxy) is 1. The topological polar surface area (TPSA) is 136 Å². The number of thioether (sulfide) groups is 1. The van der Waals surface area contributed by atoms with Crippen LogP contribution in [0, 0.1) is 5.82 Å². The quantitative estimate of drug-likeness (QED) is 0.205. The van der Waals surface area contributed by atoms with Gasteiger partial charge in [-0.3, -0.25) is 4.57 Å². The molecule has 0 fully saturated rings. The van der Waals surface area contributed by atoms with Crippen molar-refractivity contribution in [3.8, 4) is 0 Å². The SMILES string of the molecule is CSc1ccc(Sc2nc(N)nc3c2ncn3CCOCP(=O)(O)O)cc1F. The first kappa shape index (κ1) is 21.0. The maximum Gasteiger partial charge on any atom is 0.350 e. The molecule has 9 nitrogen and oxygen atoms in total. The number of aromatic nitrogens is 4. The van der Waals surface area contributed by atoms with E-state index in [1.165, 1.54) is 35.9 Å². The van der Waals surface area contributed by atoms with Crippen molar-refractivity contribution in [1.82, 2.24) is 19.5 Å². The van der Waals surface area contributed by atoms with Gasteiger partial charge in [-0.25, -0.2) is 14.4 Å². The third-order valence-corrected chi connectivity index (χ3v) is 5.78. The molecule has 2 heterocycles. The molecule has 3 rings (SSSR count). The molecule has 0 saturated heterocycles. The smallest absolute Gasteiger partial charge is 0.350 e. The zero-order chi connectivity index (χ0) is 20.3. The standard InChI is InChI=1S/C15H17FN5O4PS2/c1-27-11-3-2-9(6-10(11)16)28-14-12-13(19-15(17)20-14)21(7-18-12)4-5-25-8-26(22,23)24/h2-3,6-7H,4-5,8H2,1H3,(H2,17,19,20)(H2,22,23,24). The van der Waals surface area contributed by atoms with Gasteiger partial charge in [0.15, 0.2) is 5.65 Å². The second-order valence-electron chi connectivity index (χ2n) is 5.60. The molecule has 4 N–H and O–H groups in total. The van der Waals surface area contributed by atoms with Crippen LogP contribution in [0.25, 0.3) is 11.2 Å². The second kappa shape index (κ2) is 8.76. The summed E-state index contributed by atoms with van der Waals surface area (Å²) in [5.41, 5.74) is 6.75. The molecule has 0 amide bonds. The summed E-state index contributed by atoms with van der Waals surface area (Å²) in [5.74, 6) is -0.280. The van der Waals surface area contributed by atoms with Crippen molar-refractivity contribution in [3.63, 3.8) is 0 Å². The van der Waals surface area contributed by atoms with Crippen molar-refractivity contribution in [2.45, 2.75) is 21.4 Å². The van der Waals surface area contributed by atoms with E-state index in [-0.39, 0.29) is 24.9 Å². The average Bonchev–Trinajstić information content (AvgIpc) is 3.01. The Morgan fingerprint density at radius 2 is 2.14 bits per heavy atom. The third kappa shape index (κ3) is 5.22. The van der Waals surface area contributed by atoms with Gasteiger partial charge in [-0.2, -0.15) is 4.98 Å². The number of hydrogen-bond acceptors (Lipinski definition) is 8. The minimum Gasteiger partial charge on any atom is -0.368 e. The van der Waals surface area contributed by atoms with Crippen LogP contribution in [0.3, 0.4) is 0 Å². The number of benzene rings is 1. The molecule has 0 bridgehead atoms. The first-order valence-electron chi connectivity index (χ1n) is 7.89. The van der Waals surface area contributed by atoms with E-state index in [1.807, 2.05) is 0 Å². The van der Waals surface area contributed by atoms with Gasteiger partial charge in [0, 0.05) is 16.3 Å². The molecule has 0 spiro atoms. The van der Waals surface area contributed by atoms with Gasteiger partial charge in [-0.05, 0) is 24.5 Å². The molecule has 0 aliphatic rings. The summed E-state index contributed by atoms with van der Waals surface area (Å²) in [4.78, 5) is 31.5. The summed E-state index contributed by atoms with van der Waals surface area (Å²) in [7, 11) is -4.21. The van der Waals surface area contributed by atoms with Crippen molar-refractivity contribution >= 4 is 48.2 Å². The second-order valence-corrected chi connectivity index (χ2v) is 9.10. The number of nitrogen functional groups attached to an aromatic ring is 1. The van der Waals surface area contributed by atoms with Crippen LogP contribution in [-0.2, 0) is 15.8 Å². The Bertz CT molecular complexity index is 1040. The van der Waals surface area contributed by atoms with Crippen LogP contribution in [0.1, 0.15) is 0 Å². The fraction of sp³-hybridized carbons (Fsp3) is 0.267. The van der Waals surface area contributed by atoms with Gasteiger partial charge in [0.05, 0.1) is 12.9 Å². The predicted molar refractivity (Wildman–Crippen MR) is 105 cm³/mol. The molecule has 0 radical (unpaired) electrons. The van der Waals surface area contributed by atoms with Crippen LogP contribution < -0.4 is 5.73 Å². The fourth-order valence-corrected chi connectivity index (χ4v) is 4.06. The van der Waals surface area contributed by atoms with Crippen LogP contribution in [0.4, 0.5) is 10.3 Å². The summed E-state index contributed by atoms with van der Waals surface area (Å²) in [6, 6.07) is 4.91. The highest BCUT2D eigenvalue weighted by Gasteiger charge is 2.16. The molecule has 150 valence electrons. The normalized spacial score (nSPS) is 12.0. The van der Waals surface area contributed by atoms with Crippen LogP contribution >= 0.6 is 31.1 Å². The van der Waals surface area contributed by atoms with Crippen molar-refractivity contribution in [2.75, 3.05) is 24.9 Å². The molecule has 3 aromatic rings. The largest absolute Gasteiger partial charge is 0.368 e. The summed E-state index contributed by atoms with van der Waals surface area (Å²) < 4.78 is 31.5. The van der Waals surface area contributed by atoms with E-state index >= 15 is 0 Å². The van der Waals surface area contributed by atoms with Gasteiger partial charge in [-0.15, -0.1) is 11.8 Å². The maximum atomic E-state index is 14.0. The van der Waals surface area contributed by atoms with Crippen LogP contribution in [0.2, 0.25) is 0 Å². The van der Waals surface area contributed by atoms with Crippen molar-refractivity contribution in [1.29, 1.82) is 0 Å². The van der Waals surface area contributed by atoms with Gasteiger partial charge in [0.25, 0.3) is 0 Å². The molecule has 1 aromatic carbocycles. The Labute approximate surface area is 168 Å². The maximum absolute atomic E-state index is 14.0. The first-order chi connectivity index (χ1) is 13.3. The van der Waals surface area contributed by atoms with E-state index in [2.05, 4.69) is 15.0 Å². The number of imidazole rings is 1. The number of nitrogens with zero attached hydrogens (tertiary/aromatic N) is 4. The van der Waals surface area contributed by atoms with Crippen molar-refractivity contribution < 1.29 is 23.5 Å². The van der Waals surface area contributed by atoms with Gasteiger partial charge in [-0.1, -0.05) is 11.8 Å². The average molecular weight is 445 g/mol. The third-order valence-electron chi connectivity index (χ3n) is 3.52. The number of fused-ring (bicyclic) bond motifs is 1. The van der Waals surface area contributed by atoms with Crippen molar-refractivity contribution in [3.05, 3.63) is 30.3 Å². The molecule has 0 unspecified atom stereocenters. The Balaban J connectivity index is 1.81. The summed E-state index contributed by atoms with van der Waals surface area (Å²) in [5, 5.41) is 0.480. The van der Waals surface area contributed by atoms with E-state index in [0.717, 1.165) is 0 Å². The molecule has 0 atom stereocenters. The van der Waals surface area contributed by atoms with Gasteiger partial charge < -0.3 is 24.8 Å². The fourth-order valence-electron chi connectivity index (χ4n) is 2.34. The monoisotopic (exact) mass is 445 g/mol. The Hall–Kier alpha value is -1.69. The molecule has 13 heteroatoms. The Kier molecular flexibility index (Phi) is 6.58. The Morgan fingerprint density at radius 1 is 1.36 bits per heavy atom. The molecular weight excluding hydrogens is 428 g/mol. The lowest BCUT2D eigenvalue weighted by Crippen LogP contribution is -2.07. The lowest BCUT2D eigenvalue weighted by Gasteiger charge is -2.08. The zero-order valence-electron chi connectivity index (χ0n) is 14.6. The van der Waals surface area contributed by atoms with Gasteiger partial charge in [0.2, 0.25) is 5.95 Å². The minimum atomic E-state index is -4.21. The van der Waals surface area contributed by atoms with Crippen LogP contribution in [-0.4, -0.2) is 48.5 Å². The molecule has 0 saturated carbocycles. The lowest BCUT2D eigenvalue weighted by molar-refractivity contribution is 0.149. The number of halogens is 1. The summed E-state index contributed by atoms with van der Waals surface area (Å²) >= 11 is 2.54. The predicted octanol–water partition coefficient (Wildman–Crippen LogP) is 2.57. The first-order valence-corrected chi connectivity index (χ1v) is 11.7. The van der Waals surface area contributed by atoms with Crippen molar-refractivity contribution in [2.24, 2.45) is 0 Å². The molecule has 28 heavy (non-hydrogen) atoms. The highest BCUT2D eigenvalue weighted by Crippen LogP contribution is 2.34. The molecule has 0 aliphatic heterocycles. The minimum absolute atomic E-state index is 0.0362. The number of hydrogen-bond donors (Lipinski definition) is 3. The van der Waals surface area contributed by atoms with Crippen LogP contribution in [0.5, 0.6) is 0 Å². The number of rotatable bonds is 8. The molecule has 2 aromatic heterocycles. The summed E-state index contributed by atoms with van der Waals surface area (Å²) in [6.07, 6.45) is 2.66. The van der Waals surface area contributed by atoms with E-state index in [4.69, 9.17) is 20.3 Å². The number of nitrogens with two attached hydrogens (primary N) is 1. The van der Waals surface area contributed by atoms with E-state index in [1.54, 1.807) is 23.0 Å². The highest BCUT2D eigenvalue weighted by atomic mass is 32.2. The molecular formula is C15H17FN5O4PS2.